The van der Waals surface area contributed by atoms with Crippen molar-refractivity contribution in [1.82, 2.24) is 35.0 Å². The van der Waals surface area contributed by atoms with E-state index in [4.69, 9.17) is 0 Å². The molecule has 4 aromatic rings. The number of nitrogens with zero attached hydrogens (tertiary/aromatic N) is 6. The van der Waals surface area contributed by atoms with Gasteiger partial charge in [-0.2, -0.15) is 9.61 Å². The van der Waals surface area contributed by atoms with E-state index in [-0.39, 0.29) is 5.65 Å². The van der Waals surface area contributed by atoms with E-state index in [1.54, 1.807) is 23.5 Å². The standard InChI is InChI=1S/C12H7F2N7S2/c13-9(14)11-18-16-7-3-4-8(20-21(7)11)23-12-15-10(17-19-12)6-2-1-5-22-6/h1-5,9H,(H,15,17,19). The Morgan fingerprint density at radius 2 is 2.13 bits per heavy atom. The molecular weight excluding hydrogens is 344 g/mol. The number of aromatic amines is 1. The van der Waals surface area contributed by atoms with Crippen molar-refractivity contribution < 1.29 is 8.78 Å². The average molecular weight is 351 g/mol. The molecule has 0 bridgehead atoms. The van der Waals surface area contributed by atoms with Gasteiger partial charge in [-0.15, -0.1) is 26.6 Å². The number of nitrogens with one attached hydrogen (secondary N) is 1. The Kier molecular flexibility index (Phi) is 3.50. The molecule has 0 aliphatic carbocycles. The summed E-state index contributed by atoms with van der Waals surface area (Å²) in [5.74, 6) is 0.165. The van der Waals surface area contributed by atoms with Crippen LogP contribution in [0.15, 0.2) is 39.8 Å². The fraction of sp³-hybridized carbons (Fsp3) is 0.0833. The van der Waals surface area contributed by atoms with Gasteiger partial charge in [0.15, 0.2) is 11.5 Å². The van der Waals surface area contributed by atoms with Crippen molar-refractivity contribution in [2.75, 3.05) is 0 Å². The maximum atomic E-state index is 12.9. The number of hydrogen-bond donors (Lipinski definition) is 1. The van der Waals surface area contributed by atoms with Crippen LogP contribution in [0.1, 0.15) is 12.2 Å². The molecule has 0 aromatic carbocycles. The van der Waals surface area contributed by atoms with Crippen molar-refractivity contribution in [2.45, 2.75) is 16.6 Å². The van der Waals surface area contributed by atoms with Crippen molar-refractivity contribution in [3.05, 3.63) is 35.5 Å². The van der Waals surface area contributed by atoms with Crippen molar-refractivity contribution in [3.8, 4) is 10.7 Å². The van der Waals surface area contributed by atoms with E-state index in [2.05, 4.69) is 30.5 Å². The van der Waals surface area contributed by atoms with Crippen molar-refractivity contribution >= 4 is 28.7 Å². The van der Waals surface area contributed by atoms with Crippen LogP contribution in [0.3, 0.4) is 0 Å². The summed E-state index contributed by atoms with van der Waals surface area (Å²) < 4.78 is 26.7. The zero-order chi connectivity index (χ0) is 15.8. The summed E-state index contributed by atoms with van der Waals surface area (Å²) in [5, 5.41) is 21.0. The normalized spacial score (nSPS) is 11.6. The third-order valence-corrected chi connectivity index (χ3v) is 4.54. The quantitative estimate of drug-likeness (QED) is 0.608. The van der Waals surface area contributed by atoms with Crippen LogP contribution in [0.4, 0.5) is 8.78 Å². The van der Waals surface area contributed by atoms with Gasteiger partial charge in [0.2, 0.25) is 11.0 Å². The van der Waals surface area contributed by atoms with Gasteiger partial charge in [-0.05, 0) is 35.3 Å². The maximum Gasteiger partial charge on any atom is 0.299 e. The van der Waals surface area contributed by atoms with E-state index in [0.717, 1.165) is 21.2 Å². The van der Waals surface area contributed by atoms with Gasteiger partial charge in [-0.25, -0.2) is 13.8 Å². The van der Waals surface area contributed by atoms with Crippen molar-refractivity contribution in [1.29, 1.82) is 0 Å². The first kappa shape index (κ1) is 14.2. The van der Waals surface area contributed by atoms with E-state index in [1.807, 2.05) is 17.5 Å². The second kappa shape index (κ2) is 5.66. The molecule has 4 aromatic heterocycles. The zero-order valence-electron chi connectivity index (χ0n) is 11.2. The molecule has 0 aliphatic rings. The van der Waals surface area contributed by atoms with Crippen LogP contribution >= 0.6 is 23.1 Å². The molecule has 0 spiro atoms. The van der Waals surface area contributed by atoms with Gasteiger partial charge in [-0.3, -0.25) is 5.10 Å². The lowest BCUT2D eigenvalue weighted by atomic mass is 10.4. The van der Waals surface area contributed by atoms with Gasteiger partial charge in [0.1, 0.15) is 5.03 Å². The molecule has 116 valence electrons. The number of alkyl halides is 2. The summed E-state index contributed by atoms with van der Waals surface area (Å²) in [6.45, 7) is 0. The first-order valence-corrected chi connectivity index (χ1v) is 8.05. The third kappa shape index (κ3) is 2.68. The summed E-state index contributed by atoms with van der Waals surface area (Å²) in [4.78, 5) is 5.32. The van der Waals surface area contributed by atoms with Gasteiger partial charge >= 0.3 is 0 Å². The molecule has 0 amide bonds. The molecule has 1 N–H and O–H groups in total. The Balaban J connectivity index is 1.64. The highest BCUT2D eigenvalue weighted by Gasteiger charge is 2.17. The van der Waals surface area contributed by atoms with Crippen LogP contribution in [0, 0.1) is 0 Å². The van der Waals surface area contributed by atoms with E-state index < -0.39 is 12.2 Å². The highest BCUT2D eigenvalue weighted by Crippen LogP contribution is 2.27. The second-order valence-corrected chi connectivity index (χ2v) is 6.28. The monoisotopic (exact) mass is 351 g/mol. The van der Waals surface area contributed by atoms with E-state index in [0.29, 0.717) is 16.0 Å². The van der Waals surface area contributed by atoms with Crippen LogP contribution in [0.25, 0.3) is 16.3 Å². The van der Waals surface area contributed by atoms with Crippen LogP contribution in [0.5, 0.6) is 0 Å². The highest BCUT2D eigenvalue weighted by atomic mass is 32.2. The molecule has 4 heterocycles. The lowest BCUT2D eigenvalue weighted by Gasteiger charge is -1.99. The minimum Gasteiger partial charge on any atom is -0.257 e. The molecule has 11 heteroatoms. The van der Waals surface area contributed by atoms with Crippen LogP contribution < -0.4 is 0 Å². The molecule has 0 radical (unpaired) electrons. The zero-order valence-corrected chi connectivity index (χ0v) is 12.9. The van der Waals surface area contributed by atoms with Gasteiger partial charge in [0, 0.05) is 0 Å². The van der Waals surface area contributed by atoms with Gasteiger partial charge in [0.05, 0.1) is 4.88 Å². The van der Waals surface area contributed by atoms with Gasteiger partial charge in [0.25, 0.3) is 6.43 Å². The topological polar surface area (TPSA) is 84.6 Å². The van der Waals surface area contributed by atoms with E-state index in [1.165, 1.54) is 0 Å². The van der Waals surface area contributed by atoms with Crippen LogP contribution in [0.2, 0.25) is 0 Å². The molecule has 0 atom stereocenters. The summed E-state index contributed by atoms with van der Waals surface area (Å²) in [6, 6.07) is 7.07. The molecule has 0 saturated heterocycles. The number of H-pyrrole nitrogens is 1. The average Bonchev–Trinajstić information content (AvgIpc) is 3.27. The lowest BCUT2D eigenvalue weighted by molar-refractivity contribution is 0.137. The molecule has 0 saturated carbocycles. The first-order chi connectivity index (χ1) is 11.2. The van der Waals surface area contributed by atoms with Gasteiger partial charge in [-0.1, -0.05) is 6.07 Å². The van der Waals surface area contributed by atoms with Gasteiger partial charge < -0.3 is 0 Å². The number of fused-ring (bicyclic) bond motifs is 1. The Morgan fingerprint density at radius 3 is 2.91 bits per heavy atom. The number of rotatable bonds is 4. The summed E-state index contributed by atoms with van der Waals surface area (Å²) in [6.07, 6.45) is -2.74. The molecule has 7 nitrogen and oxygen atoms in total. The second-order valence-electron chi connectivity index (χ2n) is 4.35. The van der Waals surface area contributed by atoms with E-state index in [9.17, 15) is 8.78 Å². The predicted octanol–water partition coefficient (Wildman–Crippen LogP) is 3.06. The molecule has 0 aliphatic heterocycles. The first-order valence-electron chi connectivity index (χ1n) is 6.35. The highest BCUT2D eigenvalue weighted by molar-refractivity contribution is 7.99. The molecule has 4 rings (SSSR count). The summed E-state index contributed by atoms with van der Waals surface area (Å²) in [7, 11) is 0. The minimum absolute atomic E-state index is 0.263. The fourth-order valence-electron chi connectivity index (χ4n) is 1.89. The van der Waals surface area contributed by atoms with E-state index >= 15 is 0 Å². The summed E-state index contributed by atoms with van der Waals surface area (Å²) in [5.41, 5.74) is 0.263. The van der Waals surface area contributed by atoms with Crippen molar-refractivity contribution in [2.24, 2.45) is 0 Å². The number of thiophene rings is 1. The largest absolute Gasteiger partial charge is 0.299 e. The summed E-state index contributed by atoms with van der Waals surface area (Å²) >= 11 is 2.70. The molecule has 23 heavy (non-hydrogen) atoms. The minimum atomic E-state index is -2.74. The fourth-order valence-corrected chi connectivity index (χ4v) is 3.23. The number of halogens is 2. The molecule has 0 fully saturated rings. The molecular formula is C12H7F2N7S2. The SMILES string of the molecule is FC(F)c1nnc2ccc(Sc3n[nH]c(-c4cccs4)n3)nn12. The molecule has 0 unspecified atom stereocenters. The Bertz CT molecular complexity index is 948. The number of aromatic nitrogens is 7. The predicted molar refractivity (Wildman–Crippen MR) is 79.6 cm³/mol. The van der Waals surface area contributed by atoms with Crippen LogP contribution in [-0.2, 0) is 0 Å². The maximum absolute atomic E-state index is 12.9. The van der Waals surface area contributed by atoms with Crippen molar-refractivity contribution in [3.63, 3.8) is 0 Å². The Morgan fingerprint density at radius 1 is 1.22 bits per heavy atom. The third-order valence-electron chi connectivity index (χ3n) is 2.87. The lowest BCUT2D eigenvalue weighted by Crippen LogP contribution is -2.00. The number of hydrogen-bond acceptors (Lipinski definition) is 7. The Labute approximate surface area is 135 Å². The smallest absolute Gasteiger partial charge is 0.257 e. The van der Waals surface area contributed by atoms with Crippen LogP contribution in [-0.4, -0.2) is 35.0 Å². The Hall–Kier alpha value is -2.40.